The van der Waals surface area contributed by atoms with Gasteiger partial charge in [-0.15, -0.1) is 0 Å². The molecular formula is C15H30N2O2. The van der Waals surface area contributed by atoms with Crippen molar-refractivity contribution in [2.24, 2.45) is 11.3 Å². The molecule has 0 aromatic carbocycles. The lowest BCUT2D eigenvalue weighted by Gasteiger charge is -2.36. The number of hydrogen-bond donors (Lipinski definition) is 2. The fraction of sp³-hybridized carbons (Fsp3) is 0.933. The molecule has 0 radical (unpaired) electrons. The molecular weight excluding hydrogens is 240 g/mol. The molecule has 0 saturated heterocycles. The van der Waals surface area contributed by atoms with Crippen LogP contribution in [-0.4, -0.2) is 41.8 Å². The standard InChI is InChI=1S/C15H30N2O2/c1-11(15(2,3)4)16-14(19)17(5)13-8-6-12(10-18)7-9-13/h11-13,18H,6-10H2,1-5H3,(H,16,19). The average Bonchev–Trinajstić information content (AvgIpc) is 2.36. The van der Waals surface area contributed by atoms with Crippen LogP contribution in [-0.2, 0) is 0 Å². The Balaban J connectivity index is 2.45. The van der Waals surface area contributed by atoms with Crippen LogP contribution < -0.4 is 5.32 Å². The molecule has 0 spiro atoms. The second-order valence-corrected chi connectivity index (χ2v) is 7.01. The average molecular weight is 270 g/mol. The molecule has 4 heteroatoms. The minimum Gasteiger partial charge on any atom is -0.396 e. The van der Waals surface area contributed by atoms with Gasteiger partial charge in [-0.2, -0.15) is 0 Å². The van der Waals surface area contributed by atoms with Crippen molar-refractivity contribution in [2.75, 3.05) is 13.7 Å². The van der Waals surface area contributed by atoms with Gasteiger partial charge in [0.2, 0.25) is 0 Å². The Morgan fingerprint density at radius 3 is 2.26 bits per heavy atom. The number of carbonyl (C=O) groups excluding carboxylic acids is 1. The number of nitrogens with one attached hydrogen (secondary N) is 1. The van der Waals surface area contributed by atoms with Gasteiger partial charge in [0, 0.05) is 25.7 Å². The molecule has 19 heavy (non-hydrogen) atoms. The van der Waals surface area contributed by atoms with Crippen LogP contribution in [0.1, 0.15) is 53.4 Å². The maximum atomic E-state index is 12.2. The number of aliphatic hydroxyl groups excluding tert-OH is 1. The van der Waals surface area contributed by atoms with Gasteiger partial charge >= 0.3 is 6.03 Å². The molecule has 1 aliphatic carbocycles. The first-order chi connectivity index (χ1) is 8.75. The van der Waals surface area contributed by atoms with E-state index in [1.807, 2.05) is 11.9 Å². The van der Waals surface area contributed by atoms with E-state index >= 15 is 0 Å². The molecule has 0 aromatic heterocycles. The van der Waals surface area contributed by atoms with Crippen molar-refractivity contribution in [2.45, 2.75) is 65.5 Å². The lowest BCUT2D eigenvalue weighted by Crippen LogP contribution is -2.50. The van der Waals surface area contributed by atoms with Crippen LogP contribution in [0, 0.1) is 11.3 Å². The maximum absolute atomic E-state index is 12.2. The van der Waals surface area contributed by atoms with Gasteiger partial charge in [0.1, 0.15) is 0 Å². The molecule has 1 saturated carbocycles. The van der Waals surface area contributed by atoms with Gasteiger partial charge in [-0.3, -0.25) is 0 Å². The van der Waals surface area contributed by atoms with E-state index in [-0.39, 0.29) is 24.1 Å². The van der Waals surface area contributed by atoms with E-state index < -0.39 is 0 Å². The van der Waals surface area contributed by atoms with E-state index in [2.05, 4.69) is 33.0 Å². The minimum absolute atomic E-state index is 0.0230. The van der Waals surface area contributed by atoms with Crippen molar-refractivity contribution in [1.29, 1.82) is 0 Å². The van der Waals surface area contributed by atoms with E-state index in [1.165, 1.54) is 0 Å². The zero-order valence-corrected chi connectivity index (χ0v) is 13.1. The van der Waals surface area contributed by atoms with Crippen molar-refractivity contribution >= 4 is 6.03 Å². The highest BCUT2D eigenvalue weighted by Gasteiger charge is 2.28. The van der Waals surface area contributed by atoms with Crippen molar-refractivity contribution in [3.8, 4) is 0 Å². The number of amides is 2. The first-order valence-electron chi connectivity index (χ1n) is 7.40. The first kappa shape index (κ1) is 16.3. The number of nitrogens with zero attached hydrogens (tertiary/aromatic N) is 1. The van der Waals surface area contributed by atoms with Crippen molar-refractivity contribution < 1.29 is 9.90 Å². The second kappa shape index (κ2) is 6.60. The fourth-order valence-corrected chi connectivity index (χ4v) is 2.38. The largest absolute Gasteiger partial charge is 0.396 e. The van der Waals surface area contributed by atoms with Crippen LogP contribution in [0.3, 0.4) is 0 Å². The van der Waals surface area contributed by atoms with Gasteiger partial charge in [0.05, 0.1) is 0 Å². The van der Waals surface area contributed by atoms with E-state index in [4.69, 9.17) is 5.11 Å². The van der Waals surface area contributed by atoms with Gasteiger partial charge in [-0.05, 0) is 43.9 Å². The van der Waals surface area contributed by atoms with Gasteiger partial charge < -0.3 is 15.3 Å². The molecule has 0 heterocycles. The number of aliphatic hydroxyl groups is 1. The molecule has 4 nitrogen and oxygen atoms in total. The van der Waals surface area contributed by atoms with Crippen molar-refractivity contribution in [1.82, 2.24) is 10.2 Å². The number of urea groups is 1. The van der Waals surface area contributed by atoms with Crippen LogP contribution in [0.15, 0.2) is 0 Å². The van der Waals surface area contributed by atoms with Gasteiger partial charge in [-0.25, -0.2) is 4.79 Å². The van der Waals surface area contributed by atoms with Crippen LogP contribution >= 0.6 is 0 Å². The summed E-state index contributed by atoms with van der Waals surface area (Å²) in [6, 6.07) is 0.487. The van der Waals surface area contributed by atoms with E-state index in [0.717, 1.165) is 25.7 Å². The molecule has 1 fully saturated rings. The summed E-state index contributed by atoms with van der Waals surface area (Å²) in [5, 5.41) is 12.2. The second-order valence-electron chi connectivity index (χ2n) is 7.01. The summed E-state index contributed by atoms with van der Waals surface area (Å²) in [4.78, 5) is 14.1. The monoisotopic (exact) mass is 270 g/mol. The lowest BCUT2D eigenvalue weighted by atomic mass is 9.86. The van der Waals surface area contributed by atoms with Crippen LogP contribution in [0.4, 0.5) is 4.79 Å². The van der Waals surface area contributed by atoms with Gasteiger partial charge in [-0.1, -0.05) is 20.8 Å². The lowest BCUT2D eigenvalue weighted by molar-refractivity contribution is 0.129. The zero-order chi connectivity index (χ0) is 14.6. The highest BCUT2D eigenvalue weighted by molar-refractivity contribution is 5.74. The first-order valence-corrected chi connectivity index (χ1v) is 7.40. The van der Waals surface area contributed by atoms with Crippen molar-refractivity contribution in [3.05, 3.63) is 0 Å². The summed E-state index contributed by atoms with van der Waals surface area (Å²) in [5.41, 5.74) is 0.0745. The van der Waals surface area contributed by atoms with Crippen LogP contribution in [0.25, 0.3) is 0 Å². The van der Waals surface area contributed by atoms with Gasteiger partial charge in [0.15, 0.2) is 0 Å². The predicted molar refractivity (Wildman–Crippen MR) is 78.0 cm³/mol. The Morgan fingerprint density at radius 2 is 1.84 bits per heavy atom. The maximum Gasteiger partial charge on any atom is 0.317 e. The molecule has 112 valence electrons. The third kappa shape index (κ3) is 4.68. The Labute approximate surface area is 117 Å². The molecule has 1 aliphatic rings. The summed E-state index contributed by atoms with van der Waals surface area (Å²) in [6.45, 7) is 8.72. The molecule has 0 aromatic rings. The Hall–Kier alpha value is -0.770. The summed E-state index contributed by atoms with van der Waals surface area (Å²) in [5.74, 6) is 0.432. The quantitative estimate of drug-likeness (QED) is 0.828. The number of rotatable bonds is 3. The Kier molecular flexibility index (Phi) is 5.65. The number of hydrogen-bond acceptors (Lipinski definition) is 2. The normalized spacial score (nSPS) is 25.8. The number of carbonyl (C=O) groups is 1. The smallest absolute Gasteiger partial charge is 0.317 e. The Morgan fingerprint density at radius 1 is 1.32 bits per heavy atom. The summed E-state index contributed by atoms with van der Waals surface area (Å²) in [6.07, 6.45) is 4.04. The summed E-state index contributed by atoms with van der Waals surface area (Å²) in [7, 11) is 1.88. The highest BCUT2D eigenvalue weighted by atomic mass is 16.3. The molecule has 0 aliphatic heterocycles. The van der Waals surface area contributed by atoms with Crippen LogP contribution in [0.2, 0.25) is 0 Å². The van der Waals surface area contributed by atoms with E-state index in [9.17, 15) is 4.79 Å². The molecule has 1 atom stereocenters. The fourth-order valence-electron chi connectivity index (χ4n) is 2.38. The zero-order valence-electron chi connectivity index (χ0n) is 13.1. The summed E-state index contributed by atoms with van der Waals surface area (Å²) < 4.78 is 0. The SMILES string of the molecule is CC(NC(=O)N(C)C1CCC(CO)CC1)C(C)(C)C. The van der Waals surface area contributed by atoms with Crippen molar-refractivity contribution in [3.63, 3.8) is 0 Å². The predicted octanol–water partition coefficient (Wildman–Crippen LogP) is 2.61. The summed E-state index contributed by atoms with van der Waals surface area (Å²) >= 11 is 0. The minimum atomic E-state index is 0.0230. The molecule has 0 bridgehead atoms. The topological polar surface area (TPSA) is 52.6 Å². The Bertz CT molecular complexity index is 291. The van der Waals surface area contributed by atoms with E-state index in [1.54, 1.807) is 0 Å². The third-order valence-corrected chi connectivity index (χ3v) is 4.58. The van der Waals surface area contributed by atoms with Gasteiger partial charge in [0.25, 0.3) is 0 Å². The molecule has 2 amide bonds. The molecule has 1 rings (SSSR count). The third-order valence-electron chi connectivity index (χ3n) is 4.58. The van der Waals surface area contributed by atoms with E-state index in [0.29, 0.717) is 12.0 Å². The molecule has 1 unspecified atom stereocenters. The highest BCUT2D eigenvalue weighted by Crippen LogP contribution is 2.27. The molecule has 2 N–H and O–H groups in total. The van der Waals surface area contributed by atoms with Crippen LogP contribution in [0.5, 0.6) is 0 Å².